The Hall–Kier alpha value is -1.10. The molecule has 14 heavy (non-hydrogen) atoms. The summed E-state index contributed by atoms with van der Waals surface area (Å²) in [6.07, 6.45) is 2.81. The van der Waals surface area contributed by atoms with Crippen LogP contribution < -0.4 is 16.4 Å². The van der Waals surface area contributed by atoms with Crippen LogP contribution in [0.1, 0.15) is 25.7 Å². The number of rotatable bonds is 4. The van der Waals surface area contributed by atoms with Gasteiger partial charge in [-0.2, -0.15) is 0 Å². The minimum atomic E-state index is -0.664. The molecule has 0 radical (unpaired) electrons. The van der Waals surface area contributed by atoms with Crippen molar-refractivity contribution in [2.24, 2.45) is 5.73 Å². The fraction of sp³-hybridized carbons (Fsp3) is 0.778. The van der Waals surface area contributed by atoms with E-state index in [9.17, 15) is 9.59 Å². The molecule has 1 saturated carbocycles. The molecule has 0 saturated heterocycles. The predicted octanol–water partition coefficient (Wildman–Crippen LogP) is -0.880. The van der Waals surface area contributed by atoms with E-state index in [4.69, 9.17) is 5.73 Å². The maximum Gasteiger partial charge on any atom is 0.240 e. The van der Waals surface area contributed by atoms with Crippen molar-refractivity contribution < 1.29 is 9.59 Å². The Kier molecular flexibility index (Phi) is 3.46. The lowest BCUT2D eigenvalue weighted by Gasteiger charge is -2.36. The fourth-order valence-corrected chi connectivity index (χ4v) is 1.38. The number of carbonyl (C=O) groups excluding carboxylic acids is 2. The van der Waals surface area contributed by atoms with Gasteiger partial charge in [0.25, 0.3) is 0 Å². The van der Waals surface area contributed by atoms with Gasteiger partial charge in [-0.25, -0.2) is 0 Å². The second kappa shape index (κ2) is 4.41. The third-order valence-electron chi connectivity index (χ3n) is 2.61. The lowest BCUT2D eigenvalue weighted by molar-refractivity contribution is -0.129. The summed E-state index contributed by atoms with van der Waals surface area (Å²) in [4.78, 5) is 22.3. The molecule has 1 fully saturated rings. The maximum atomic E-state index is 11.4. The average molecular weight is 199 g/mol. The Bertz CT molecular complexity index is 236. The van der Waals surface area contributed by atoms with Crippen LogP contribution in [-0.4, -0.2) is 30.9 Å². The summed E-state index contributed by atoms with van der Waals surface area (Å²) >= 11 is 0. The van der Waals surface area contributed by atoms with Gasteiger partial charge < -0.3 is 16.4 Å². The number of hydrogen-bond donors (Lipinski definition) is 3. The number of hydrogen-bond acceptors (Lipinski definition) is 3. The molecule has 0 heterocycles. The van der Waals surface area contributed by atoms with E-state index in [0.29, 0.717) is 13.0 Å². The van der Waals surface area contributed by atoms with Gasteiger partial charge in [-0.1, -0.05) is 0 Å². The molecule has 1 aliphatic rings. The maximum absolute atomic E-state index is 11.4. The lowest BCUT2D eigenvalue weighted by Crippen LogP contribution is -2.58. The second-order valence-corrected chi connectivity index (χ2v) is 3.69. The van der Waals surface area contributed by atoms with Crippen LogP contribution in [0, 0.1) is 0 Å². The summed E-state index contributed by atoms with van der Waals surface area (Å²) in [7, 11) is 1.57. The van der Waals surface area contributed by atoms with E-state index >= 15 is 0 Å². The van der Waals surface area contributed by atoms with E-state index in [1.807, 2.05) is 0 Å². The van der Waals surface area contributed by atoms with Crippen LogP contribution in [0.4, 0.5) is 0 Å². The minimum Gasteiger partial charge on any atom is -0.359 e. The van der Waals surface area contributed by atoms with Crippen LogP contribution in [0.5, 0.6) is 0 Å². The summed E-state index contributed by atoms with van der Waals surface area (Å²) in [5.74, 6) is -0.211. The number of nitrogens with two attached hydrogens (primary N) is 1. The summed E-state index contributed by atoms with van der Waals surface area (Å²) in [5, 5.41) is 5.15. The Morgan fingerprint density at radius 1 is 1.43 bits per heavy atom. The largest absolute Gasteiger partial charge is 0.359 e. The molecule has 0 atom stereocenters. The molecule has 2 amide bonds. The first-order chi connectivity index (χ1) is 6.58. The Balaban J connectivity index is 2.18. The molecule has 0 spiro atoms. The van der Waals surface area contributed by atoms with Crippen LogP contribution >= 0.6 is 0 Å². The smallest absolute Gasteiger partial charge is 0.240 e. The lowest BCUT2D eigenvalue weighted by atomic mass is 9.77. The third kappa shape index (κ3) is 2.45. The molecule has 0 bridgehead atoms. The molecule has 0 aromatic rings. The SMILES string of the molecule is CNC(=O)CCNC(=O)C1(N)CCC1. The number of carbonyl (C=O) groups is 2. The zero-order valence-electron chi connectivity index (χ0n) is 8.43. The highest BCUT2D eigenvalue weighted by Gasteiger charge is 2.39. The summed E-state index contributed by atoms with van der Waals surface area (Å²) in [5.41, 5.74) is 5.12. The van der Waals surface area contributed by atoms with Crippen LogP contribution in [0.2, 0.25) is 0 Å². The molecule has 0 unspecified atom stereocenters. The average Bonchev–Trinajstić information content (AvgIpc) is 2.13. The standard InChI is InChI=1S/C9H17N3O2/c1-11-7(13)3-6-12-8(14)9(10)4-2-5-9/h2-6,10H2,1H3,(H,11,13)(H,12,14). The monoisotopic (exact) mass is 199 g/mol. The van der Waals surface area contributed by atoms with Crippen molar-refractivity contribution in [3.63, 3.8) is 0 Å². The summed E-state index contributed by atoms with van der Waals surface area (Å²) in [6, 6.07) is 0. The van der Waals surface area contributed by atoms with E-state index in [1.165, 1.54) is 0 Å². The fourth-order valence-electron chi connectivity index (χ4n) is 1.38. The van der Waals surface area contributed by atoms with Crippen molar-refractivity contribution in [3.05, 3.63) is 0 Å². The van der Waals surface area contributed by atoms with Gasteiger partial charge in [-0.3, -0.25) is 9.59 Å². The van der Waals surface area contributed by atoms with E-state index in [1.54, 1.807) is 7.05 Å². The van der Waals surface area contributed by atoms with E-state index in [0.717, 1.165) is 19.3 Å². The molecule has 0 aliphatic heterocycles. The Morgan fingerprint density at radius 2 is 2.07 bits per heavy atom. The molecular formula is C9H17N3O2. The van der Waals surface area contributed by atoms with Gasteiger partial charge in [-0.05, 0) is 19.3 Å². The van der Waals surface area contributed by atoms with E-state index in [-0.39, 0.29) is 11.8 Å². The van der Waals surface area contributed by atoms with Gasteiger partial charge in [0.2, 0.25) is 11.8 Å². The van der Waals surface area contributed by atoms with Crippen molar-refractivity contribution in [3.8, 4) is 0 Å². The van der Waals surface area contributed by atoms with Crippen LogP contribution in [0.3, 0.4) is 0 Å². The third-order valence-corrected chi connectivity index (χ3v) is 2.61. The zero-order valence-corrected chi connectivity index (χ0v) is 8.43. The molecule has 5 nitrogen and oxygen atoms in total. The first kappa shape index (κ1) is 11.0. The first-order valence-corrected chi connectivity index (χ1v) is 4.86. The quantitative estimate of drug-likeness (QED) is 0.549. The van der Waals surface area contributed by atoms with Crippen molar-refractivity contribution in [2.75, 3.05) is 13.6 Å². The minimum absolute atomic E-state index is 0.0787. The van der Waals surface area contributed by atoms with Crippen molar-refractivity contribution in [2.45, 2.75) is 31.2 Å². The second-order valence-electron chi connectivity index (χ2n) is 3.69. The van der Waals surface area contributed by atoms with Gasteiger partial charge in [-0.15, -0.1) is 0 Å². The zero-order chi connectivity index (χ0) is 10.6. The highest BCUT2D eigenvalue weighted by Crippen LogP contribution is 2.28. The highest BCUT2D eigenvalue weighted by atomic mass is 16.2. The highest BCUT2D eigenvalue weighted by molar-refractivity contribution is 5.87. The topological polar surface area (TPSA) is 84.2 Å². The van der Waals surface area contributed by atoms with E-state index < -0.39 is 5.54 Å². The van der Waals surface area contributed by atoms with Gasteiger partial charge >= 0.3 is 0 Å². The molecular weight excluding hydrogens is 182 g/mol. The van der Waals surface area contributed by atoms with Crippen LogP contribution in [-0.2, 0) is 9.59 Å². The molecule has 80 valence electrons. The molecule has 0 aromatic heterocycles. The van der Waals surface area contributed by atoms with E-state index in [2.05, 4.69) is 10.6 Å². The van der Waals surface area contributed by atoms with Gasteiger partial charge in [0.1, 0.15) is 0 Å². The molecule has 1 rings (SSSR count). The van der Waals surface area contributed by atoms with Crippen LogP contribution in [0.25, 0.3) is 0 Å². The van der Waals surface area contributed by atoms with Crippen LogP contribution in [0.15, 0.2) is 0 Å². The normalized spacial score (nSPS) is 18.1. The molecule has 0 aromatic carbocycles. The summed E-state index contributed by atoms with van der Waals surface area (Å²) in [6.45, 7) is 0.359. The Labute approximate surface area is 83.4 Å². The number of amides is 2. The van der Waals surface area contributed by atoms with Crippen molar-refractivity contribution in [1.29, 1.82) is 0 Å². The summed E-state index contributed by atoms with van der Waals surface area (Å²) < 4.78 is 0. The Morgan fingerprint density at radius 3 is 2.50 bits per heavy atom. The molecule has 4 N–H and O–H groups in total. The first-order valence-electron chi connectivity index (χ1n) is 4.86. The molecule has 5 heteroatoms. The van der Waals surface area contributed by atoms with Crippen molar-refractivity contribution in [1.82, 2.24) is 10.6 Å². The van der Waals surface area contributed by atoms with Gasteiger partial charge in [0, 0.05) is 20.0 Å². The number of nitrogens with one attached hydrogen (secondary N) is 2. The van der Waals surface area contributed by atoms with Gasteiger partial charge in [0.15, 0.2) is 0 Å². The van der Waals surface area contributed by atoms with Gasteiger partial charge in [0.05, 0.1) is 5.54 Å². The molecule has 1 aliphatic carbocycles. The predicted molar refractivity (Wildman–Crippen MR) is 52.5 cm³/mol. The van der Waals surface area contributed by atoms with Crippen molar-refractivity contribution >= 4 is 11.8 Å².